The number of benzene rings is 2. The van der Waals surface area contributed by atoms with Crippen molar-refractivity contribution in [3.05, 3.63) is 65.2 Å². The molecule has 2 aromatic carbocycles. The Morgan fingerprint density at radius 3 is 2.46 bits per heavy atom. The largest absolute Gasteiger partial charge is 0.324 e. The Balaban J connectivity index is 1.60. The molecule has 1 saturated heterocycles. The van der Waals surface area contributed by atoms with Crippen LogP contribution in [0.5, 0.6) is 0 Å². The number of carbonyl (C=O) groups excluding carboxylic acids is 2. The van der Waals surface area contributed by atoms with Crippen LogP contribution < -0.4 is 5.32 Å². The van der Waals surface area contributed by atoms with E-state index in [4.69, 9.17) is 0 Å². The fraction of sp³-hybridized carbons (Fsp3) is 0.417. The molecule has 2 aliphatic rings. The molecule has 146 valence electrons. The van der Waals surface area contributed by atoms with Crippen LogP contribution in [0.25, 0.3) is 0 Å². The highest BCUT2D eigenvalue weighted by Gasteiger charge is 2.47. The normalized spacial score (nSPS) is 23.9. The van der Waals surface area contributed by atoms with E-state index in [2.05, 4.69) is 12.2 Å². The van der Waals surface area contributed by atoms with Crippen LogP contribution in [0.2, 0.25) is 0 Å². The van der Waals surface area contributed by atoms with Crippen LogP contribution >= 0.6 is 0 Å². The van der Waals surface area contributed by atoms with E-state index in [-0.39, 0.29) is 17.9 Å². The first kappa shape index (κ1) is 18.7. The van der Waals surface area contributed by atoms with Gasteiger partial charge in [-0.05, 0) is 74.4 Å². The summed E-state index contributed by atoms with van der Waals surface area (Å²) in [6.45, 7) is 4.10. The average Bonchev–Trinajstić information content (AvgIpc) is 3.10. The van der Waals surface area contributed by atoms with Crippen molar-refractivity contribution in [1.29, 1.82) is 0 Å². The minimum Gasteiger partial charge on any atom is -0.324 e. The molecular formula is C24H28N2O2. The summed E-state index contributed by atoms with van der Waals surface area (Å²) in [5, 5.41) is 3.07. The fourth-order valence-corrected chi connectivity index (χ4v) is 4.76. The Hall–Kier alpha value is -2.62. The Bertz CT molecular complexity index is 877. The molecule has 3 atom stereocenters. The van der Waals surface area contributed by atoms with Gasteiger partial charge in [-0.15, -0.1) is 0 Å². The van der Waals surface area contributed by atoms with Crippen LogP contribution in [0.15, 0.2) is 48.5 Å². The molecule has 0 aromatic heterocycles. The third-order valence-electron chi connectivity index (χ3n) is 6.42. The molecule has 2 amide bonds. The van der Waals surface area contributed by atoms with Gasteiger partial charge >= 0.3 is 0 Å². The number of fused-ring (bicyclic) bond motifs is 1. The summed E-state index contributed by atoms with van der Waals surface area (Å²) in [5.74, 6) is 0.342. The van der Waals surface area contributed by atoms with Gasteiger partial charge in [-0.25, -0.2) is 0 Å². The molecule has 1 aliphatic heterocycles. The summed E-state index contributed by atoms with van der Waals surface area (Å²) in [7, 11) is 0. The van der Waals surface area contributed by atoms with Gasteiger partial charge in [0.1, 0.15) is 6.04 Å². The summed E-state index contributed by atoms with van der Waals surface area (Å²) >= 11 is 0. The van der Waals surface area contributed by atoms with Crippen molar-refractivity contribution >= 4 is 17.5 Å². The molecule has 2 fully saturated rings. The number of carbonyl (C=O) groups is 2. The molecule has 0 bridgehead atoms. The summed E-state index contributed by atoms with van der Waals surface area (Å²) in [5.41, 5.74) is 3.81. The average molecular weight is 377 g/mol. The van der Waals surface area contributed by atoms with Crippen LogP contribution in [0.4, 0.5) is 5.69 Å². The molecule has 2 aromatic rings. The maximum atomic E-state index is 13.3. The number of likely N-dealkylation sites (tertiary alicyclic amines) is 1. The lowest BCUT2D eigenvalue weighted by atomic mass is 9.84. The minimum absolute atomic E-state index is 0.0183. The Labute approximate surface area is 166 Å². The number of nitrogens with zero attached hydrogens (tertiary/aromatic N) is 1. The highest BCUT2D eigenvalue weighted by molar-refractivity contribution is 6.01. The molecule has 1 N–H and O–H groups in total. The Morgan fingerprint density at radius 2 is 1.71 bits per heavy atom. The van der Waals surface area contributed by atoms with E-state index in [1.54, 1.807) is 0 Å². The number of nitrogens with one attached hydrogen (secondary N) is 1. The van der Waals surface area contributed by atoms with Gasteiger partial charge in [-0.3, -0.25) is 9.59 Å². The zero-order valence-corrected chi connectivity index (χ0v) is 16.7. The van der Waals surface area contributed by atoms with Crippen LogP contribution in [-0.2, 0) is 4.79 Å². The molecular weight excluding hydrogens is 348 g/mol. The second-order valence-electron chi connectivity index (χ2n) is 8.23. The van der Waals surface area contributed by atoms with Crippen molar-refractivity contribution in [2.45, 2.75) is 58.0 Å². The zero-order chi connectivity index (χ0) is 19.7. The van der Waals surface area contributed by atoms with Crippen molar-refractivity contribution in [1.82, 2.24) is 4.90 Å². The lowest BCUT2D eigenvalue weighted by Crippen LogP contribution is -2.47. The number of hydrogen-bond acceptors (Lipinski definition) is 2. The first-order chi connectivity index (χ1) is 13.5. The summed E-state index contributed by atoms with van der Waals surface area (Å²) in [6.07, 6.45) is 5.19. The first-order valence-corrected chi connectivity index (χ1v) is 10.3. The first-order valence-electron chi connectivity index (χ1n) is 10.3. The summed E-state index contributed by atoms with van der Waals surface area (Å²) < 4.78 is 0. The topological polar surface area (TPSA) is 49.4 Å². The predicted octanol–water partition coefficient (Wildman–Crippen LogP) is 4.72. The second-order valence-corrected chi connectivity index (χ2v) is 8.23. The second kappa shape index (κ2) is 7.78. The lowest BCUT2D eigenvalue weighted by Gasteiger charge is -2.33. The monoisotopic (exact) mass is 376 g/mol. The molecule has 1 heterocycles. The maximum absolute atomic E-state index is 13.3. The van der Waals surface area contributed by atoms with Gasteiger partial charge in [0.2, 0.25) is 5.91 Å². The molecule has 1 aliphatic carbocycles. The van der Waals surface area contributed by atoms with E-state index in [1.165, 1.54) is 12.0 Å². The number of rotatable bonds is 3. The minimum atomic E-state index is -0.401. The van der Waals surface area contributed by atoms with Gasteiger partial charge in [0.15, 0.2) is 0 Å². The number of anilines is 1. The number of amides is 2. The number of aryl methyl sites for hydroxylation is 2. The molecule has 4 heteroatoms. The smallest absolute Gasteiger partial charge is 0.254 e. The van der Waals surface area contributed by atoms with Crippen LogP contribution in [-0.4, -0.2) is 28.8 Å². The summed E-state index contributed by atoms with van der Waals surface area (Å²) in [4.78, 5) is 28.4. The zero-order valence-electron chi connectivity index (χ0n) is 16.7. The molecule has 0 radical (unpaired) electrons. The SMILES string of the molecule is Cc1ccc(NC(=O)C2CC3CCCCC3N2C(=O)c2ccccc2)cc1C. The van der Waals surface area contributed by atoms with E-state index in [0.29, 0.717) is 11.5 Å². The van der Waals surface area contributed by atoms with Crippen molar-refractivity contribution in [3.8, 4) is 0 Å². The van der Waals surface area contributed by atoms with Crippen LogP contribution in [0.3, 0.4) is 0 Å². The van der Waals surface area contributed by atoms with E-state index < -0.39 is 6.04 Å². The summed E-state index contributed by atoms with van der Waals surface area (Å²) in [6, 6.07) is 15.1. The molecule has 4 nitrogen and oxygen atoms in total. The standard InChI is InChI=1S/C24H28N2O2/c1-16-12-13-20(14-17(16)2)25-23(27)22-15-19-10-6-7-11-21(19)26(22)24(28)18-8-4-3-5-9-18/h3-5,8-9,12-14,19,21-22H,6-7,10-11,15H2,1-2H3,(H,25,27). The van der Waals surface area contributed by atoms with Crippen molar-refractivity contribution in [2.75, 3.05) is 5.32 Å². The van der Waals surface area contributed by atoms with Gasteiger partial charge < -0.3 is 10.2 Å². The lowest BCUT2D eigenvalue weighted by molar-refractivity contribution is -0.120. The van der Waals surface area contributed by atoms with E-state index in [9.17, 15) is 9.59 Å². The third-order valence-corrected chi connectivity index (χ3v) is 6.42. The van der Waals surface area contributed by atoms with Gasteiger partial charge in [-0.1, -0.05) is 37.1 Å². The van der Waals surface area contributed by atoms with Gasteiger partial charge in [0, 0.05) is 17.3 Å². The quantitative estimate of drug-likeness (QED) is 0.843. The van der Waals surface area contributed by atoms with Crippen LogP contribution in [0.1, 0.15) is 53.6 Å². The molecule has 4 rings (SSSR count). The van der Waals surface area contributed by atoms with Gasteiger partial charge in [0.25, 0.3) is 5.91 Å². The van der Waals surface area contributed by atoms with Gasteiger partial charge in [0.05, 0.1) is 0 Å². The van der Waals surface area contributed by atoms with E-state index >= 15 is 0 Å². The van der Waals surface area contributed by atoms with E-state index in [0.717, 1.165) is 36.9 Å². The van der Waals surface area contributed by atoms with Crippen molar-refractivity contribution in [2.24, 2.45) is 5.92 Å². The Kier molecular flexibility index (Phi) is 5.21. The molecule has 3 unspecified atom stereocenters. The van der Waals surface area contributed by atoms with Crippen molar-refractivity contribution in [3.63, 3.8) is 0 Å². The highest BCUT2D eigenvalue weighted by Crippen LogP contribution is 2.40. The fourth-order valence-electron chi connectivity index (χ4n) is 4.76. The highest BCUT2D eigenvalue weighted by atomic mass is 16.2. The Morgan fingerprint density at radius 1 is 0.964 bits per heavy atom. The maximum Gasteiger partial charge on any atom is 0.254 e. The van der Waals surface area contributed by atoms with Gasteiger partial charge in [-0.2, -0.15) is 0 Å². The molecule has 1 saturated carbocycles. The number of hydrogen-bond donors (Lipinski definition) is 1. The molecule has 0 spiro atoms. The van der Waals surface area contributed by atoms with E-state index in [1.807, 2.05) is 60.4 Å². The molecule has 28 heavy (non-hydrogen) atoms. The predicted molar refractivity (Wildman–Crippen MR) is 111 cm³/mol. The van der Waals surface area contributed by atoms with Crippen molar-refractivity contribution < 1.29 is 9.59 Å². The van der Waals surface area contributed by atoms with Crippen LogP contribution in [0, 0.1) is 19.8 Å². The third kappa shape index (κ3) is 3.56.